The number of carbonyl (C=O) groups excluding carboxylic acids is 2. The molecule has 0 heterocycles. The molecule has 0 fully saturated rings. The summed E-state index contributed by atoms with van der Waals surface area (Å²) in [4.78, 5) is 27.1. The van der Waals surface area contributed by atoms with Crippen molar-refractivity contribution in [2.24, 2.45) is 16.6 Å². The lowest BCUT2D eigenvalue weighted by Crippen LogP contribution is -2.59. The molecule has 0 bridgehead atoms. The van der Waals surface area contributed by atoms with Gasteiger partial charge in [-0.3, -0.25) is 4.79 Å². The quantitative estimate of drug-likeness (QED) is 0.113. The molecule has 0 aliphatic heterocycles. The Morgan fingerprint density at radius 2 is 1.10 bits per heavy atom. The molecule has 1 aromatic carbocycles. The maximum Gasteiger partial charge on any atom is 0.331 e. The smallest absolute Gasteiger partial charge is 0.331 e. The molecule has 0 aliphatic rings. The Balaban J connectivity index is 3.33. The lowest BCUT2D eigenvalue weighted by Gasteiger charge is -2.52. The van der Waals surface area contributed by atoms with E-state index >= 15 is 0 Å². The number of nitrogens with one attached hydrogen (secondary N) is 1. The minimum Gasteiger partial charge on any atom is -0.350 e. The molecule has 0 spiro atoms. The summed E-state index contributed by atoms with van der Waals surface area (Å²) in [5, 5.41) is 1.48. The Morgan fingerprint density at radius 3 is 1.54 bits per heavy atom. The number of urea groups is 1. The number of nitrogens with zero attached hydrogens (tertiary/aromatic N) is 1. The van der Waals surface area contributed by atoms with Crippen LogP contribution in [0.5, 0.6) is 0 Å². The first-order valence-electron chi connectivity index (χ1n) is 16.3. The molecular weight excluding hydrogens is 482 g/mol. The van der Waals surface area contributed by atoms with Crippen LogP contribution in [0.15, 0.2) is 30.3 Å². The number of hydrazine groups is 1. The highest BCUT2D eigenvalue weighted by Crippen LogP contribution is 2.56. The first kappa shape index (κ1) is 35.0. The van der Waals surface area contributed by atoms with Crippen LogP contribution < -0.4 is 16.2 Å². The Hall–Kier alpha value is -2.04. The van der Waals surface area contributed by atoms with E-state index in [-0.39, 0.29) is 11.3 Å². The van der Waals surface area contributed by atoms with Crippen molar-refractivity contribution in [3.8, 4) is 0 Å². The molecule has 5 nitrogen and oxygen atoms in total. The average Bonchev–Trinajstić information content (AvgIpc) is 2.92. The predicted molar refractivity (Wildman–Crippen MR) is 168 cm³/mol. The minimum atomic E-state index is -0.705. The fourth-order valence-electron chi connectivity index (χ4n) is 7.10. The van der Waals surface area contributed by atoms with Crippen molar-refractivity contribution in [2.45, 2.75) is 157 Å². The SMILES string of the molecule is CCCCCCCCCCCCC(CCC)(C(=O)N(NC(N)=O)c1ccccc1)C(CCC)(CCC)CCC. The van der Waals surface area contributed by atoms with Gasteiger partial charge >= 0.3 is 6.03 Å². The number of unbranched alkanes of at least 4 members (excludes halogenated alkanes) is 9. The van der Waals surface area contributed by atoms with E-state index in [1.807, 2.05) is 30.3 Å². The maximum atomic E-state index is 14.9. The molecule has 39 heavy (non-hydrogen) atoms. The van der Waals surface area contributed by atoms with Crippen LogP contribution >= 0.6 is 0 Å². The Morgan fingerprint density at radius 1 is 0.641 bits per heavy atom. The van der Waals surface area contributed by atoms with Gasteiger partial charge in [0.1, 0.15) is 0 Å². The summed E-state index contributed by atoms with van der Waals surface area (Å²) in [5.74, 6) is 0.0145. The molecule has 1 aromatic rings. The third-order valence-corrected chi connectivity index (χ3v) is 8.68. The highest BCUT2D eigenvalue weighted by Gasteiger charge is 2.55. The fourth-order valence-corrected chi connectivity index (χ4v) is 7.10. The highest BCUT2D eigenvalue weighted by atomic mass is 16.2. The summed E-state index contributed by atoms with van der Waals surface area (Å²) >= 11 is 0. The molecule has 1 unspecified atom stereocenters. The molecule has 0 aliphatic carbocycles. The zero-order valence-electron chi connectivity index (χ0n) is 26.2. The summed E-state index contributed by atoms with van der Waals surface area (Å²) in [6.07, 6.45) is 21.6. The second kappa shape index (κ2) is 19.9. The summed E-state index contributed by atoms with van der Waals surface area (Å²) in [6.45, 7) is 11.2. The molecule has 3 amide bonds. The van der Waals surface area contributed by atoms with Gasteiger partial charge in [-0.15, -0.1) is 0 Å². The molecule has 0 saturated heterocycles. The maximum absolute atomic E-state index is 14.9. The third-order valence-electron chi connectivity index (χ3n) is 8.68. The molecule has 3 N–H and O–H groups in total. The predicted octanol–water partition coefficient (Wildman–Crippen LogP) is 10.1. The van der Waals surface area contributed by atoms with Crippen molar-refractivity contribution < 1.29 is 9.59 Å². The zero-order chi connectivity index (χ0) is 29.0. The van der Waals surface area contributed by atoms with Crippen molar-refractivity contribution in [1.29, 1.82) is 0 Å². The second-order valence-electron chi connectivity index (χ2n) is 11.7. The van der Waals surface area contributed by atoms with Crippen LogP contribution in [0.2, 0.25) is 0 Å². The number of carbonyl (C=O) groups is 2. The summed E-state index contributed by atoms with van der Waals surface area (Å²) < 4.78 is 0. The van der Waals surface area contributed by atoms with E-state index in [9.17, 15) is 9.59 Å². The molecule has 0 aromatic heterocycles. The van der Waals surface area contributed by atoms with Crippen molar-refractivity contribution in [3.63, 3.8) is 0 Å². The van der Waals surface area contributed by atoms with Crippen LogP contribution in [0.3, 0.4) is 0 Å². The van der Waals surface area contributed by atoms with E-state index in [0.29, 0.717) is 5.69 Å². The number of amides is 3. The lowest BCUT2D eigenvalue weighted by atomic mass is 9.53. The second-order valence-corrected chi connectivity index (χ2v) is 11.7. The normalized spacial score (nSPS) is 13.2. The van der Waals surface area contributed by atoms with Crippen molar-refractivity contribution in [3.05, 3.63) is 30.3 Å². The van der Waals surface area contributed by atoms with Gasteiger partial charge < -0.3 is 5.73 Å². The average molecular weight is 544 g/mol. The Labute approximate surface area is 241 Å². The number of hydrogen-bond acceptors (Lipinski definition) is 2. The lowest BCUT2D eigenvalue weighted by molar-refractivity contribution is -0.142. The third kappa shape index (κ3) is 10.8. The van der Waals surface area contributed by atoms with Gasteiger partial charge in [0, 0.05) is 0 Å². The first-order chi connectivity index (χ1) is 18.9. The highest BCUT2D eigenvalue weighted by molar-refractivity contribution is 6.00. The number of para-hydroxylation sites is 1. The topological polar surface area (TPSA) is 75.4 Å². The molecule has 0 radical (unpaired) electrons. The monoisotopic (exact) mass is 543 g/mol. The van der Waals surface area contributed by atoms with Gasteiger partial charge in [-0.1, -0.05) is 143 Å². The van der Waals surface area contributed by atoms with Crippen LogP contribution in [0, 0.1) is 10.8 Å². The number of rotatable bonds is 22. The van der Waals surface area contributed by atoms with Gasteiger partial charge in [0.15, 0.2) is 0 Å². The van der Waals surface area contributed by atoms with E-state index in [1.54, 1.807) is 0 Å². The van der Waals surface area contributed by atoms with Crippen molar-refractivity contribution >= 4 is 17.6 Å². The molecule has 5 heteroatoms. The van der Waals surface area contributed by atoms with Crippen molar-refractivity contribution in [1.82, 2.24) is 5.43 Å². The number of anilines is 1. The van der Waals surface area contributed by atoms with E-state index in [2.05, 4.69) is 40.0 Å². The largest absolute Gasteiger partial charge is 0.350 e. The van der Waals surface area contributed by atoms with E-state index in [1.165, 1.54) is 56.4 Å². The van der Waals surface area contributed by atoms with Crippen LogP contribution in [0.25, 0.3) is 0 Å². The van der Waals surface area contributed by atoms with Gasteiger partial charge in [0.2, 0.25) is 0 Å². The first-order valence-corrected chi connectivity index (χ1v) is 16.3. The fraction of sp³-hybridized carbons (Fsp3) is 0.765. The number of primary amides is 1. The van der Waals surface area contributed by atoms with Crippen LogP contribution in [0.1, 0.15) is 157 Å². The molecule has 1 rings (SSSR count). The summed E-state index contributed by atoms with van der Waals surface area (Å²) in [5.41, 5.74) is 8.36. The van der Waals surface area contributed by atoms with Crippen molar-refractivity contribution in [2.75, 3.05) is 5.01 Å². The Kier molecular flexibility index (Phi) is 17.9. The molecule has 224 valence electrons. The molecule has 0 saturated carbocycles. The zero-order valence-corrected chi connectivity index (χ0v) is 26.2. The number of nitrogens with two attached hydrogens (primary N) is 1. The molecular formula is C34H61N3O2. The van der Waals surface area contributed by atoms with Gasteiger partial charge in [0.25, 0.3) is 5.91 Å². The Bertz CT molecular complexity index is 765. The number of benzene rings is 1. The standard InChI is InChI=1S/C34H61N3O2/c1-6-11-12-13-14-15-16-17-18-22-29-34(28-10-5,33(25-7-2,26-8-3)27-9-4)31(38)37(36-32(35)39)30-23-20-19-21-24-30/h19-21,23-24H,6-18,22,25-29H2,1-5H3,(H3,35,36,39). The van der Waals surface area contributed by atoms with E-state index in [0.717, 1.165) is 70.6 Å². The van der Waals surface area contributed by atoms with Gasteiger partial charge in [-0.05, 0) is 49.7 Å². The van der Waals surface area contributed by atoms with E-state index in [4.69, 9.17) is 5.73 Å². The van der Waals surface area contributed by atoms with E-state index < -0.39 is 11.4 Å². The van der Waals surface area contributed by atoms with Gasteiger partial charge in [0.05, 0.1) is 11.1 Å². The minimum absolute atomic E-state index is 0.0145. The summed E-state index contributed by atoms with van der Waals surface area (Å²) in [6, 6.07) is 8.79. The molecule has 1 atom stereocenters. The van der Waals surface area contributed by atoms with Gasteiger partial charge in [-0.2, -0.15) is 0 Å². The number of hydrogen-bond donors (Lipinski definition) is 2. The van der Waals surface area contributed by atoms with Crippen LogP contribution in [0.4, 0.5) is 10.5 Å². The summed E-state index contributed by atoms with van der Waals surface area (Å²) in [7, 11) is 0. The van der Waals surface area contributed by atoms with Gasteiger partial charge in [-0.25, -0.2) is 15.2 Å². The van der Waals surface area contributed by atoms with Crippen LogP contribution in [-0.2, 0) is 4.79 Å². The van der Waals surface area contributed by atoms with Crippen LogP contribution in [-0.4, -0.2) is 11.9 Å².